The summed E-state index contributed by atoms with van der Waals surface area (Å²) in [5.41, 5.74) is 8.49. The van der Waals surface area contributed by atoms with Gasteiger partial charge in [-0.15, -0.1) is 0 Å². The SMILES string of the molecule is Cc1ccc(C2(N)N=C(Nc3ccc(C(F)(F)F)cc3)C3=C(CCN(c4ncccc4C(F)(F)F)CC3)N2)cc1. The Morgan fingerprint density at radius 3 is 2.23 bits per heavy atom. The lowest BCUT2D eigenvalue weighted by molar-refractivity contribution is -0.138. The molecule has 5 rings (SSSR count). The Morgan fingerprint density at radius 1 is 0.900 bits per heavy atom. The monoisotopic (exact) mass is 560 g/mol. The number of nitrogens with one attached hydrogen (secondary N) is 2. The standard InChI is InChI=1S/C28H26F6N6/c1-17-4-6-19(7-5-17)28(35)38-23-13-16-40(25-22(27(32,33)34)3-2-14-36-25)15-12-21(23)24(39-28)37-20-10-8-18(9-11-20)26(29,30)31/h2-11,14,38H,12-13,15-16,35H2,1H3,(H,37,39). The molecule has 0 radical (unpaired) electrons. The molecule has 40 heavy (non-hydrogen) atoms. The molecule has 4 N–H and O–H groups in total. The van der Waals surface area contributed by atoms with Gasteiger partial charge in [-0.1, -0.05) is 29.8 Å². The van der Waals surface area contributed by atoms with Gasteiger partial charge in [0.05, 0.1) is 11.1 Å². The first kappa shape index (κ1) is 27.5. The van der Waals surface area contributed by atoms with Crippen molar-refractivity contribution < 1.29 is 26.3 Å². The van der Waals surface area contributed by atoms with Crippen LogP contribution in [0.4, 0.5) is 37.8 Å². The van der Waals surface area contributed by atoms with Gasteiger partial charge in [-0.3, -0.25) is 5.73 Å². The fourth-order valence-corrected chi connectivity index (χ4v) is 4.82. The minimum absolute atomic E-state index is 0.165. The summed E-state index contributed by atoms with van der Waals surface area (Å²) in [6.07, 6.45) is -7.14. The summed E-state index contributed by atoms with van der Waals surface area (Å²) >= 11 is 0. The van der Waals surface area contributed by atoms with Crippen LogP contribution in [0.15, 0.2) is 83.1 Å². The highest BCUT2D eigenvalue weighted by molar-refractivity contribution is 6.09. The summed E-state index contributed by atoms with van der Waals surface area (Å²) in [5, 5.41) is 6.38. The lowest BCUT2D eigenvalue weighted by Gasteiger charge is -2.35. The molecule has 210 valence electrons. The molecule has 2 aromatic carbocycles. The third-order valence-electron chi connectivity index (χ3n) is 6.90. The van der Waals surface area contributed by atoms with E-state index in [1.165, 1.54) is 24.4 Å². The zero-order valence-corrected chi connectivity index (χ0v) is 21.4. The molecule has 2 aliphatic rings. The number of rotatable bonds is 3. The van der Waals surface area contributed by atoms with Gasteiger partial charge < -0.3 is 15.5 Å². The Kier molecular flexibility index (Phi) is 6.99. The molecular formula is C28H26F6N6. The van der Waals surface area contributed by atoms with Crippen molar-refractivity contribution >= 4 is 17.3 Å². The van der Waals surface area contributed by atoms with E-state index in [1.54, 1.807) is 4.90 Å². The highest BCUT2D eigenvalue weighted by Crippen LogP contribution is 2.37. The van der Waals surface area contributed by atoms with Crippen LogP contribution in [0.5, 0.6) is 0 Å². The molecule has 0 saturated carbocycles. The van der Waals surface area contributed by atoms with Gasteiger partial charge in [0, 0.05) is 48.2 Å². The molecule has 2 aliphatic heterocycles. The van der Waals surface area contributed by atoms with E-state index in [0.29, 0.717) is 34.8 Å². The summed E-state index contributed by atoms with van der Waals surface area (Å²) in [5.74, 6) is -1.25. The third-order valence-corrected chi connectivity index (χ3v) is 6.90. The van der Waals surface area contributed by atoms with Crippen LogP contribution in [0.2, 0.25) is 0 Å². The minimum Gasteiger partial charge on any atom is -0.355 e. The normalized spacial score (nSPS) is 19.9. The van der Waals surface area contributed by atoms with Crippen LogP contribution in [0, 0.1) is 6.92 Å². The highest BCUT2D eigenvalue weighted by atomic mass is 19.4. The Labute approximate surface area is 226 Å². The summed E-state index contributed by atoms with van der Waals surface area (Å²) in [7, 11) is 0. The number of alkyl halides is 6. The van der Waals surface area contributed by atoms with Crippen LogP contribution < -0.4 is 21.3 Å². The first-order valence-electron chi connectivity index (χ1n) is 12.5. The lowest BCUT2D eigenvalue weighted by Crippen LogP contribution is -2.52. The molecule has 0 amide bonds. The number of aryl methyl sites for hydroxylation is 1. The second kappa shape index (κ2) is 10.2. The molecule has 0 spiro atoms. The first-order chi connectivity index (χ1) is 18.8. The van der Waals surface area contributed by atoms with Gasteiger partial charge >= 0.3 is 12.4 Å². The number of nitrogens with zero attached hydrogens (tertiary/aromatic N) is 3. The largest absolute Gasteiger partial charge is 0.419 e. The zero-order chi connectivity index (χ0) is 28.7. The predicted octanol–water partition coefficient (Wildman–Crippen LogP) is 6.16. The first-order valence-corrected chi connectivity index (χ1v) is 12.5. The quantitative estimate of drug-likeness (QED) is 0.334. The molecule has 0 fully saturated rings. The third kappa shape index (κ3) is 5.62. The fraction of sp³-hybridized carbons (Fsp3) is 0.286. The topological polar surface area (TPSA) is 78.6 Å². The van der Waals surface area contributed by atoms with Crippen molar-refractivity contribution in [2.45, 2.75) is 37.9 Å². The second-order valence-corrected chi connectivity index (χ2v) is 9.73. The van der Waals surface area contributed by atoms with Gasteiger partial charge in [-0.05, 0) is 49.7 Å². The van der Waals surface area contributed by atoms with Crippen LogP contribution in [0.1, 0.15) is 35.1 Å². The van der Waals surface area contributed by atoms with Gasteiger partial charge in [0.2, 0.25) is 5.79 Å². The Balaban J connectivity index is 1.49. The van der Waals surface area contributed by atoms with E-state index in [1.807, 2.05) is 31.2 Å². The van der Waals surface area contributed by atoms with Crippen molar-refractivity contribution in [2.75, 3.05) is 23.3 Å². The number of hydrogen-bond acceptors (Lipinski definition) is 6. The predicted molar refractivity (Wildman–Crippen MR) is 140 cm³/mol. The van der Waals surface area contributed by atoms with Gasteiger partial charge in [0.25, 0.3) is 0 Å². The Morgan fingerprint density at radius 2 is 1.57 bits per heavy atom. The van der Waals surface area contributed by atoms with Gasteiger partial charge in [0.1, 0.15) is 11.7 Å². The van der Waals surface area contributed by atoms with Crippen molar-refractivity contribution in [3.8, 4) is 0 Å². The molecule has 12 heteroatoms. The number of halogens is 6. The van der Waals surface area contributed by atoms with Crippen LogP contribution in [-0.4, -0.2) is 23.9 Å². The number of nitrogens with two attached hydrogens (primary N) is 1. The maximum absolute atomic E-state index is 13.7. The number of pyridine rings is 1. The molecule has 1 unspecified atom stereocenters. The van der Waals surface area contributed by atoms with Crippen molar-refractivity contribution in [3.05, 3.63) is 100 Å². The summed E-state index contributed by atoms with van der Waals surface area (Å²) < 4.78 is 80.4. The summed E-state index contributed by atoms with van der Waals surface area (Å²) in [6, 6.07) is 14.2. The van der Waals surface area contributed by atoms with E-state index in [9.17, 15) is 26.3 Å². The maximum Gasteiger partial charge on any atom is 0.419 e. The van der Waals surface area contributed by atoms with E-state index in [4.69, 9.17) is 10.7 Å². The number of anilines is 2. The summed E-state index contributed by atoms with van der Waals surface area (Å²) in [4.78, 5) is 10.3. The van der Waals surface area contributed by atoms with Crippen molar-refractivity contribution in [1.82, 2.24) is 10.3 Å². The Bertz CT molecular complexity index is 1440. The van der Waals surface area contributed by atoms with Crippen LogP contribution >= 0.6 is 0 Å². The molecular weight excluding hydrogens is 534 g/mol. The fourth-order valence-electron chi connectivity index (χ4n) is 4.82. The van der Waals surface area contributed by atoms with E-state index in [-0.39, 0.29) is 25.3 Å². The molecule has 3 heterocycles. The molecule has 6 nitrogen and oxygen atoms in total. The molecule has 0 aliphatic carbocycles. The zero-order valence-electron chi connectivity index (χ0n) is 21.4. The van der Waals surface area contributed by atoms with Crippen molar-refractivity contribution in [1.29, 1.82) is 0 Å². The number of benzene rings is 2. The molecule has 0 bridgehead atoms. The van der Waals surface area contributed by atoms with Gasteiger partial charge in [0.15, 0.2) is 0 Å². The molecule has 1 atom stereocenters. The molecule has 0 saturated heterocycles. The van der Waals surface area contributed by atoms with Crippen molar-refractivity contribution in [3.63, 3.8) is 0 Å². The number of aliphatic imine (C=N–C) groups is 1. The van der Waals surface area contributed by atoms with Gasteiger partial charge in [-0.25, -0.2) is 9.98 Å². The lowest BCUT2D eigenvalue weighted by atomic mass is 10.00. The van der Waals surface area contributed by atoms with E-state index in [0.717, 1.165) is 23.8 Å². The van der Waals surface area contributed by atoms with Gasteiger partial charge in [-0.2, -0.15) is 26.3 Å². The van der Waals surface area contributed by atoms with Crippen LogP contribution in [0.25, 0.3) is 0 Å². The van der Waals surface area contributed by atoms with E-state index < -0.39 is 29.3 Å². The molecule has 1 aromatic heterocycles. The number of aromatic nitrogens is 1. The van der Waals surface area contributed by atoms with Crippen LogP contribution in [-0.2, 0) is 18.1 Å². The minimum atomic E-state index is -4.57. The average molecular weight is 561 g/mol. The van der Waals surface area contributed by atoms with Crippen molar-refractivity contribution in [2.24, 2.45) is 10.7 Å². The number of hydrogen-bond donors (Lipinski definition) is 3. The number of amidine groups is 1. The maximum atomic E-state index is 13.7. The summed E-state index contributed by atoms with van der Waals surface area (Å²) in [6.45, 7) is 2.36. The van der Waals surface area contributed by atoms with Crippen LogP contribution in [0.3, 0.4) is 0 Å². The Hall–Kier alpha value is -4.06. The smallest absolute Gasteiger partial charge is 0.355 e. The second-order valence-electron chi connectivity index (χ2n) is 9.73. The highest BCUT2D eigenvalue weighted by Gasteiger charge is 2.39. The van der Waals surface area contributed by atoms with E-state index in [2.05, 4.69) is 15.6 Å². The van der Waals surface area contributed by atoms with E-state index >= 15 is 0 Å². The molecule has 3 aromatic rings. The average Bonchev–Trinajstić information content (AvgIpc) is 3.11.